The standard InChI is InChI=1S/C18H13NO3/c1-12(20)14-9-10-16(17-15(14)8-5-11-19-17)22-18(21)13-6-3-2-4-7-13/h2-11H,1H3. The number of Topliss-reactive ketones (excluding diaryl/α,β-unsaturated/α-hetero) is 1. The normalized spacial score (nSPS) is 10.4. The molecule has 22 heavy (non-hydrogen) atoms. The lowest BCUT2D eigenvalue weighted by Gasteiger charge is -2.09. The fraction of sp³-hybridized carbons (Fsp3) is 0.0556. The van der Waals surface area contributed by atoms with Crippen molar-refractivity contribution in [1.82, 2.24) is 4.98 Å². The van der Waals surface area contributed by atoms with Crippen molar-refractivity contribution in [2.75, 3.05) is 0 Å². The predicted octanol–water partition coefficient (Wildman–Crippen LogP) is 3.66. The SMILES string of the molecule is CC(=O)c1ccc(OC(=O)c2ccccc2)c2ncccc12. The minimum Gasteiger partial charge on any atom is -0.421 e. The maximum Gasteiger partial charge on any atom is 0.343 e. The second-order valence-electron chi connectivity index (χ2n) is 4.82. The molecule has 0 aliphatic carbocycles. The van der Waals surface area contributed by atoms with E-state index in [4.69, 9.17) is 4.74 Å². The van der Waals surface area contributed by atoms with Crippen LogP contribution in [0.4, 0.5) is 0 Å². The highest BCUT2D eigenvalue weighted by Gasteiger charge is 2.14. The Morgan fingerprint density at radius 1 is 0.955 bits per heavy atom. The van der Waals surface area contributed by atoms with Crippen LogP contribution in [0.25, 0.3) is 10.9 Å². The molecule has 0 bridgehead atoms. The topological polar surface area (TPSA) is 56.3 Å². The second-order valence-corrected chi connectivity index (χ2v) is 4.82. The third kappa shape index (κ3) is 2.59. The quantitative estimate of drug-likeness (QED) is 0.420. The van der Waals surface area contributed by atoms with Gasteiger partial charge in [0.15, 0.2) is 11.5 Å². The van der Waals surface area contributed by atoms with E-state index in [1.54, 1.807) is 54.7 Å². The average molecular weight is 291 g/mol. The smallest absolute Gasteiger partial charge is 0.343 e. The van der Waals surface area contributed by atoms with Gasteiger partial charge >= 0.3 is 5.97 Å². The van der Waals surface area contributed by atoms with Gasteiger partial charge in [0, 0.05) is 17.1 Å². The molecule has 1 heterocycles. The summed E-state index contributed by atoms with van der Waals surface area (Å²) in [6.07, 6.45) is 1.60. The summed E-state index contributed by atoms with van der Waals surface area (Å²) in [4.78, 5) is 28.1. The van der Waals surface area contributed by atoms with Crippen molar-refractivity contribution in [3.63, 3.8) is 0 Å². The molecule has 4 nitrogen and oxygen atoms in total. The highest BCUT2D eigenvalue weighted by atomic mass is 16.5. The summed E-state index contributed by atoms with van der Waals surface area (Å²) < 4.78 is 5.44. The molecule has 2 aromatic carbocycles. The van der Waals surface area contributed by atoms with Gasteiger partial charge in [-0.1, -0.05) is 24.3 Å². The summed E-state index contributed by atoms with van der Waals surface area (Å²) in [5.74, 6) is -0.170. The number of carbonyl (C=O) groups excluding carboxylic acids is 2. The van der Waals surface area contributed by atoms with Crippen LogP contribution in [0.3, 0.4) is 0 Å². The van der Waals surface area contributed by atoms with Crippen LogP contribution in [-0.4, -0.2) is 16.7 Å². The number of benzene rings is 2. The van der Waals surface area contributed by atoms with Crippen LogP contribution in [0, 0.1) is 0 Å². The molecule has 0 unspecified atom stereocenters. The van der Waals surface area contributed by atoms with Gasteiger partial charge in [0.2, 0.25) is 0 Å². The number of hydrogen-bond donors (Lipinski definition) is 0. The molecule has 0 amide bonds. The first-order valence-electron chi connectivity index (χ1n) is 6.83. The molecule has 0 saturated heterocycles. The Labute approximate surface area is 127 Å². The van der Waals surface area contributed by atoms with Crippen molar-refractivity contribution in [2.45, 2.75) is 6.92 Å². The van der Waals surface area contributed by atoms with Crippen LogP contribution < -0.4 is 4.74 Å². The zero-order valence-corrected chi connectivity index (χ0v) is 11.9. The Hall–Kier alpha value is -3.01. The lowest BCUT2D eigenvalue weighted by atomic mass is 10.0. The summed E-state index contributed by atoms with van der Waals surface area (Å²) in [7, 11) is 0. The third-order valence-electron chi connectivity index (χ3n) is 3.32. The molecule has 0 radical (unpaired) electrons. The van der Waals surface area contributed by atoms with Crippen LogP contribution in [0.1, 0.15) is 27.6 Å². The lowest BCUT2D eigenvalue weighted by Crippen LogP contribution is -2.09. The fourth-order valence-electron chi connectivity index (χ4n) is 2.27. The molecular weight excluding hydrogens is 278 g/mol. The van der Waals surface area contributed by atoms with Gasteiger partial charge in [-0.25, -0.2) is 4.79 Å². The van der Waals surface area contributed by atoms with Crippen molar-refractivity contribution < 1.29 is 14.3 Å². The summed E-state index contributed by atoms with van der Waals surface area (Å²) in [6.45, 7) is 1.50. The van der Waals surface area contributed by atoms with Crippen LogP contribution in [0.15, 0.2) is 60.8 Å². The number of pyridine rings is 1. The van der Waals surface area contributed by atoms with Gasteiger partial charge in [-0.05, 0) is 37.3 Å². The molecule has 3 aromatic rings. The van der Waals surface area contributed by atoms with Crippen molar-refractivity contribution >= 4 is 22.7 Å². The van der Waals surface area contributed by atoms with Gasteiger partial charge in [-0.2, -0.15) is 0 Å². The maximum atomic E-state index is 12.2. The molecule has 0 aliphatic rings. The predicted molar refractivity (Wildman–Crippen MR) is 83.1 cm³/mol. The molecule has 0 spiro atoms. The van der Waals surface area contributed by atoms with E-state index < -0.39 is 5.97 Å². The molecule has 4 heteroatoms. The summed E-state index contributed by atoms with van der Waals surface area (Å²) >= 11 is 0. The first-order chi connectivity index (χ1) is 10.7. The number of nitrogens with zero attached hydrogens (tertiary/aromatic N) is 1. The van der Waals surface area contributed by atoms with Crippen molar-refractivity contribution in [2.24, 2.45) is 0 Å². The molecular formula is C18H13NO3. The number of esters is 1. The van der Waals surface area contributed by atoms with Crippen LogP contribution >= 0.6 is 0 Å². The minimum absolute atomic E-state index is 0.0565. The van der Waals surface area contributed by atoms with Crippen molar-refractivity contribution in [3.05, 3.63) is 71.9 Å². The van der Waals surface area contributed by atoms with Gasteiger partial charge in [-0.15, -0.1) is 0 Å². The van der Waals surface area contributed by atoms with E-state index >= 15 is 0 Å². The first-order valence-corrected chi connectivity index (χ1v) is 6.83. The van der Waals surface area contributed by atoms with Crippen molar-refractivity contribution in [1.29, 1.82) is 0 Å². The van der Waals surface area contributed by atoms with E-state index in [1.807, 2.05) is 6.07 Å². The Kier molecular flexibility index (Phi) is 3.66. The average Bonchev–Trinajstić information content (AvgIpc) is 2.55. The molecule has 0 atom stereocenters. The van der Waals surface area contributed by atoms with Crippen molar-refractivity contribution in [3.8, 4) is 5.75 Å². The number of rotatable bonds is 3. The van der Waals surface area contributed by atoms with Gasteiger partial charge < -0.3 is 4.74 Å². The summed E-state index contributed by atoms with van der Waals surface area (Å²) in [5.41, 5.74) is 1.52. The molecule has 0 fully saturated rings. The Morgan fingerprint density at radius 2 is 1.73 bits per heavy atom. The van der Waals surface area contributed by atoms with E-state index in [0.717, 1.165) is 0 Å². The van der Waals surface area contributed by atoms with E-state index in [0.29, 0.717) is 27.8 Å². The molecule has 1 aromatic heterocycles. The second kappa shape index (κ2) is 5.77. The highest BCUT2D eigenvalue weighted by molar-refractivity contribution is 6.08. The molecule has 108 valence electrons. The lowest BCUT2D eigenvalue weighted by molar-refractivity contribution is 0.0736. The van der Waals surface area contributed by atoms with Gasteiger partial charge in [-0.3, -0.25) is 9.78 Å². The number of fused-ring (bicyclic) bond motifs is 1. The Balaban J connectivity index is 2.04. The number of carbonyl (C=O) groups is 2. The minimum atomic E-state index is -0.455. The van der Waals surface area contributed by atoms with Crippen LogP contribution in [-0.2, 0) is 0 Å². The number of ketones is 1. The highest BCUT2D eigenvalue weighted by Crippen LogP contribution is 2.27. The van der Waals surface area contributed by atoms with Gasteiger partial charge in [0.1, 0.15) is 5.52 Å². The van der Waals surface area contributed by atoms with E-state index in [2.05, 4.69) is 4.98 Å². The van der Waals surface area contributed by atoms with Crippen LogP contribution in [0.5, 0.6) is 5.75 Å². The Bertz CT molecular complexity index is 857. The van der Waals surface area contributed by atoms with Gasteiger partial charge in [0.25, 0.3) is 0 Å². The molecule has 0 aliphatic heterocycles. The van der Waals surface area contributed by atoms with Crippen LogP contribution in [0.2, 0.25) is 0 Å². The first kappa shape index (κ1) is 13.9. The van der Waals surface area contributed by atoms with E-state index in [-0.39, 0.29) is 5.78 Å². The number of hydrogen-bond acceptors (Lipinski definition) is 4. The third-order valence-corrected chi connectivity index (χ3v) is 3.32. The maximum absolute atomic E-state index is 12.2. The van der Waals surface area contributed by atoms with E-state index in [1.165, 1.54) is 6.92 Å². The molecule has 0 N–H and O–H groups in total. The van der Waals surface area contributed by atoms with Gasteiger partial charge in [0.05, 0.1) is 5.56 Å². The molecule has 3 rings (SSSR count). The van der Waals surface area contributed by atoms with E-state index in [9.17, 15) is 9.59 Å². The largest absolute Gasteiger partial charge is 0.421 e. The fourth-order valence-corrected chi connectivity index (χ4v) is 2.27. The summed E-state index contributed by atoms with van der Waals surface area (Å²) in [6, 6.07) is 15.5. The Morgan fingerprint density at radius 3 is 2.45 bits per heavy atom. The summed E-state index contributed by atoms with van der Waals surface area (Å²) in [5, 5.41) is 0.674. The number of ether oxygens (including phenoxy) is 1. The molecule has 0 saturated carbocycles. The zero-order valence-electron chi connectivity index (χ0n) is 11.9. The number of aromatic nitrogens is 1. The zero-order chi connectivity index (χ0) is 15.5. The monoisotopic (exact) mass is 291 g/mol.